The van der Waals surface area contributed by atoms with Crippen molar-refractivity contribution in [3.63, 3.8) is 0 Å². The summed E-state index contributed by atoms with van der Waals surface area (Å²) in [5, 5.41) is 1.34. The molecule has 0 aliphatic heterocycles. The molecular formula is C22H25Cl2N3O3S. The van der Waals surface area contributed by atoms with E-state index in [4.69, 9.17) is 37.7 Å². The second kappa shape index (κ2) is 10.5. The number of fused-ring (bicyclic) bond motifs is 1. The van der Waals surface area contributed by atoms with Crippen molar-refractivity contribution in [2.24, 2.45) is 0 Å². The first-order valence-corrected chi connectivity index (χ1v) is 11.5. The number of ether oxygens (including phenoxy) is 2. The number of carbonyl (C=O) groups excluding carboxylic acids is 1. The molecule has 0 aliphatic rings. The fourth-order valence-corrected chi connectivity index (χ4v) is 4.85. The van der Waals surface area contributed by atoms with E-state index in [1.807, 2.05) is 12.1 Å². The van der Waals surface area contributed by atoms with Crippen molar-refractivity contribution in [2.45, 2.75) is 13.8 Å². The highest BCUT2D eigenvalue weighted by molar-refractivity contribution is 7.22. The van der Waals surface area contributed by atoms with Gasteiger partial charge in [-0.2, -0.15) is 0 Å². The van der Waals surface area contributed by atoms with E-state index in [2.05, 4.69) is 18.7 Å². The molecule has 31 heavy (non-hydrogen) atoms. The van der Waals surface area contributed by atoms with Gasteiger partial charge in [-0.15, -0.1) is 0 Å². The van der Waals surface area contributed by atoms with E-state index in [0.29, 0.717) is 50.8 Å². The van der Waals surface area contributed by atoms with Gasteiger partial charge in [0.25, 0.3) is 5.91 Å². The second-order valence-electron chi connectivity index (χ2n) is 6.75. The first kappa shape index (κ1) is 23.6. The third kappa shape index (κ3) is 5.06. The van der Waals surface area contributed by atoms with Crippen molar-refractivity contribution in [1.29, 1.82) is 0 Å². The van der Waals surface area contributed by atoms with Crippen LogP contribution in [-0.2, 0) is 0 Å². The maximum atomic E-state index is 13.5. The molecule has 0 radical (unpaired) electrons. The Morgan fingerprint density at radius 1 is 1.03 bits per heavy atom. The average molecular weight is 482 g/mol. The molecule has 1 amide bonds. The Kier molecular flexibility index (Phi) is 8.00. The van der Waals surface area contributed by atoms with Crippen LogP contribution < -0.4 is 14.4 Å². The summed E-state index contributed by atoms with van der Waals surface area (Å²) < 4.78 is 11.8. The number of nitrogens with zero attached hydrogens (tertiary/aromatic N) is 3. The first-order valence-electron chi connectivity index (χ1n) is 9.94. The molecule has 1 aromatic heterocycles. The lowest BCUT2D eigenvalue weighted by Gasteiger charge is -2.25. The third-order valence-corrected chi connectivity index (χ3v) is 6.71. The van der Waals surface area contributed by atoms with Gasteiger partial charge >= 0.3 is 0 Å². The number of hydrogen-bond acceptors (Lipinski definition) is 6. The largest absolute Gasteiger partial charge is 0.495 e. The Labute approximate surface area is 196 Å². The number of hydrogen-bond donors (Lipinski definition) is 0. The maximum Gasteiger partial charge on any atom is 0.261 e. The maximum absolute atomic E-state index is 13.5. The topological polar surface area (TPSA) is 54.9 Å². The lowest BCUT2D eigenvalue weighted by atomic mass is 10.2. The molecule has 9 heteroatoms. The zero-order chi connectivity index (χ0) is 22.5. The van der Waals surface area contributed by atoms with Crippen LogP contribution in [0.5, 0.6) is 11.5 Å². The fourth-order valence-electron chi connectivity index (χ4n) is 3.26. The SMILES string of the molecule is CCN(CC)CCN(C(=O)c1ccc(Cl)cc1Cl)c1nc2c(OC)ccc(OC)c2s1. The number of amides is 1. The molecule has 0 aliphatic carbocycles. The molecule has 0 spiro atoms. The van der Waals surface area contributed by atoms with Crippen LogP contribution in [0.25, 0.3) is 10.2 Å². The number of anilines is 1. The molecule has 166 valence electrons. The number of aromatic nitrogens is 1. The minimum absolute atomic E-state index is 0.231. The van der Waals surface area contributed by atoms with Crippen LogP contribution in [0.2, 0.25) is 10.0 Å². The van der Waals surface area contributed by atoms with Gasteiger partial charge in [-0.3, -0.25) is 9.69 Å². The summed E-state index contributed by atoms with van der Waals surface area (Å²) in [5.41, 5.74) is 1.04. The predicted octanol–water partition coefficient (Wildman–Crippen LogP) is 5.61. The molecule has 0 fully saturated rings. The number of benzene rings is 2. The Morgan fingerprint density at radius 2 is 1.71 bits per heavy atom. The Balaban J connectivity index is 2.08. The molecule has 0 N–H and O–H groups in total. The smallest absolute Gasteiger partial charge is 0.261 e. The Morgan fingerprint density at radius 3 is 2.32 bits per heavy atom. The van der Waals surface area contributed by atoms with Crippen molar-refractivity contribution < 1.29 is 14.3 Å². The summed E-state index contributed by atoms with van der Waals surface area (Å²) in [6.45, 7) is 7.14. The van der Waals surface area contributed by atoms with Crippen LogP contribution >= 0.6 is 34.5 Å². The van der Waals surface area contributed by atoms with E-state index in [9.17, 15) is 4.79 Å². The molecule has 3 rings (SSSR count). The van der Waals surface area contributed by atoms with Gasteiger partial charge < -0.3 is 14.4 Å². The van der Waals surface area contributed by atoms with E-state index in [1.54, 1.807) is 37.3 Å². The molecule has 0 bridgehead atoms. The lowest BCUT2D eigenvalue weighted by molar-refractivity contribution is 0.0984. The lowest BCUT2D eigenvalue weighted by Crippen LogP contribution is -2.39. The van der Waals surface area contributed by atoms with Crippen LogP contribution in [-0.4, -0.2) is 56.2 Å². The monoisotopic (exact) mass is 481 g/mol. The second-order valence-corrected chi connectivity index (χ2v) is 8.57. The summed E-state index contributed by atoms with van der Waals surface area (Å²) in [5.74, 6) is 1.07. The highest BCUT2D eigenvalue weighted by Crippen LogP contribution is 2.40. The Bertz CT molecular complexity index is 1030. The van der Waals surface area contributed by atoms with Crippen LogP contribution in [0.4, 0.5) is 5.13 Å². The van der Waals surface area contributed by atoms with Crippen molar-refractivity contribution in [2.75, 3.05) is 45.3 Å². The van der Waals surface area contributed by atoms with E-state index in [0.717, 1.165) is 17.8 Å². The van der Waals surface area contributed by atoms with Crippen LogP contribution in [0, 0.1) is 0 Å². The normalized spacial score (nSPS) is 11.2. The standard InChI is InChI=1S/C22H25Cl2N3O3S/c1-5-26(6-2)11-12-27(21(28)15-8-7-14(23)13-16(15)24)22-25-19-17(29-3)9-10-18(30-4)20(19)31-22/h7-10,13H,5-6,11-12H2,1-4H3. The molecule has 6 nitrogen and oxygen atoms in total. The average Bonchev–Trinajstić information content (AvgIpc) is 3.20. The summed E-state index contributed by atoms with van der Waals surface area (Å²) in [7, 11) is 3.20. The van der Waals surface area contributed by atoms with Gasteiger partial charge in [-0.05, 0) is 43.4 Å². The van der Waals surface area contributed by atoms with Gasteiger partial charge in [0.2, 0.25) is 0 Å². The van der Waals surface area contributed by atoms with Gasteiger partial charge in [0.05, 0.1) is 24.8 Å². The molecule has 0 unspecified atom stereocenters. The summed E-state index contributed by atoms with van der Waals surface area (Å²) in [6.07, 6.45) is 0. The van der Waals surface area contributed by atoms with E-state index in [1.165, 1.54) is 11.3 Å². The molecule has 3 aromatic rings. The summed E-state index contributed by atoms with van der Waals surface area (Å²) in [4.78, 5) is 22.2. The molecular weight excluding hydrogens is 457 g/mol. The van der Waals surface area contributed by atoms with Gasteiger partial charge in [0, 0.05) is 18.1 Å². The van der Waals surface area contributed by atoms with Gasteiger partial charge in [-0.1, -0.05) is 48.4 Å². The van der Waals surface area contributed by atoms with E-state index in [-0.39, 0.29) is 5.91 Å². The quantitative estimate of drug-likeness (QED) is 0.397. The summed E-state index contributed by atoms with van der Waals surface area (Å²) >= 11 is 13.8. The number of halogens is 2. The number of carbonyl (C=O) groups is 1. The molecule has 0 atom stereocenters. The molecule has 0 saturated carbocycles. The van der Waals surface area contributed by atoms with Crippen molar-refractivity contribution >= 4 is 55.8 Å². The number of methoxy groups -OCH3 is 2. The highest BCUT2D eigenvalue weighted by Gasteiger charge is 2.25. The van der Waals surface area contributed by atoms with Gasteiger partial charge in [-0.25, -0.2) is 4.98 Å². The van der Waals surface area contributed by atoms with Crippen molar-refractivity contribution in [1.82, 2.24) is 9.88 Å². The Hall–Kier alpha value is -2.06. The van der Waals surface area contributed by atoms with Crippen LogP contribution in [0.3, 0.4) is 0 Å². The van der Waals surface area contributed by atoms with E-state index < -0.39 is 0 Å². The fraction of sp³-hybridized carbons (Fsp3) is 0.364. The van der Waals surface area contributed by atoms with Crippen LogP contribution in [0.1, 0.15) is 24.2 Å². The van der Waals surface area contributed by atoms with Gasteiger partial charge in [0.15, 0.2) is 5.13 Å². The zero-order valence-corrected chi connectivity index (χ0v) is 20.3. The minimum atomic E-state index is -0.231. The molecule has 2 aromatic carbocycles. The number of thiazole rings is 1. The predicted molar refractivity (Wildman–Crippen MR) is 129 cm³/mol. The van der Waals surface area contributed by atoms with Crippen molar-refractivity contribution in [3.8, 4) is 11.5 Å². The van der Waals surface area contributed by atoms with Crippen LogP contribution in [0.15, 0.2) is 30.3 Å². The molecule has 1 heterocycles. The molecule has 0 saturated heterocycles. The van der Waals surface area contributed by atoms with E-state index >= 15 is 0 Å². The number of rotatable bonds is 9. The zero-order valence-electron chi connectivity index (χ0n) is 17.9. The third-order valence-electron chi connectivity index (χ3n) is 5.07. The summed E-state index contributed by atoms with van der Waals surface area (Å²) in [6, 6.07) is 8.52. The highest BCUT2D eigenvalue weighted by atomic mass is 35.5. The van der Waals surface area contributed by atoms with Crippen molar-refractivity contribution in [3.05, 3.63) is 45.9 Å². The minimum Gasteiger partial charge on any atom is -0.495 e. The first-order chi connectivity index (χ1) is 14.9. The number of likely N-dealkylation sites (N-methyl/N-ethyl adjacent to an activating group) is 1. The van der Waals surface area contributed by atoms with Gasteiger partial charge in [0.1, 0.15) is 21.7 Å².